The molecule has 15 heavy (non-hydrogen) atoms. The Morgan fingerprint density at radius 1 is 1.73 bits per heavy atom. The zero-order chi connectivity index (χ0) is 10.8. The Morgan fingerprint density at radius 3 is 3.27 bits per heavy atom. The van der Waals surface area contributed by atoms with Crippen LogP contribution in [0.3, 0.4) is 0 Å². The minimum absolute atomic E-state index is 0.0631. The van der Waals surface area contributed by atoms with Gasteiger partial charge in [0.05, 0.1) is 0 Å². The van der Waals surface area contributed by atoms with Crippen LogP contribution in [-0.2, 0) is 17.8 Å². The molecule has 0 radical (unpaired) electrons. The molecule has 1 unspecified atom stereocenters. The second-order valence-corrected chi connectivity index (χ2v) is 5.24. The smallest absolute Gasteiger partial charge is 0.226 e. The Balaban J connectivity index is 2.06. The van der Waals surface area contributed by atoms with Crippen molar-refractivity contribution in [2.45, 2.75) is 19.9 Å². The number of halogens is 1. The molecule has 0 N–H and O–H groups in total. The maximum atomic E-state index is 11.9. The van der Waals surface area contributed by atoms with Gasteiger partial charge in [0, 0.05) is 29.8 Å². The molecule has 1 aromatic rings. The molecule has 0 fully saturated rings. The van der Waals surface area contributed by atoms with Gasteiger partial charge in [-0.2, -0.15) is 0 Å². The molecule has 2 rings (SSSR count). The van der Waals surface area contributed by atoms with Gasteiger partial charge in [0.15, 0.2) is 0 Å². The van der Waals surface area contributed by atoms with Crippen LogP contribution in [0, 0.1) is 5.92 Å². The van der Waals surface area contributed by atoms with Crippen molar-refractivity contribution in [2.24, 2.45) is 5.92 Å². The summed E-state index contributed by atoms with van der Waals surface area (Å²) in [6, 6.07) is 2.12. The third-order valence-electron chi connectivity index (χ3n) is 2.77. The minimum Gasteiger partial charge on any atom is -0.338 e. The van der Waals surface area contributed by atoms with Gasteiger partial charge in [0.2, 0.25) is 5.91 Å². The van der Waals surface area contributed by atoms with Crippen LogP contribution in [0.2, 0.25) is 0 Å². The number of carbonyl (C=O) groups is 1. The first-order valence-corrected chi connectivity index (χ1v) is 6.53. The van der Waals surface area contributed by atoms with Crippen molar-refractivity contribution in [2.75, 3.05) is 12.4 Å². The summed E-state index contributed by atoms with van der Waals surface area (Å²) < 4.78 is 0. The van der Waals surface area contributed by atoms with Crippen molar-refractivity contribution in [1.29, 1.82) is 0 Å². The second kappa shape index (κ2) is 4.54. The highest BCUT2D eigenvalue weighted by atomic mass is 35.5. The molecule has 1 aliphatic rings. The summed E-state index contributed by atoms with van der Waals surface area (Å²) in [5.74, 6) is 0.528. The van der Waals surface area contributed by atoms with Crippen LogP contribution in [-0.4, -0.2) is 23.2 Å². The van der Waals surface area contributed by atoms with Crippen molar-refractivity contribution in [3.63, 3.8) is 0 Å². The topological polar surface area (TPSA) is 20.3 Å². The van der Waals surface area contributed by atoms with E-state index in [0.29, 0.717) is 5.88 Å². The number of nitrogens with zero attached hydrogens (tertiary/aromatic N) is 1. The Kier molecular flexibility index (Phi) is 3.32. The highest BCUT2D eigenvalue weighted by Crippen LogP contribution is 2.24. The largest absolute Gasteiger partial charge is 0.338 e. The van der Waals surface area contributed by atoms with Crippen LogP contribution in [0.4, 0.5) is 0 Å². The van der Waals surface area contributed by atoms with E-state index in [-0.39, 0.29) is 11.8 Å². The SMILES string of the molecule is CC(CCl)C(=O)N1CCc2sccc2C1. The number of alkyl halides is 1. The number of hydrogen-bond donors (Lipinski definition) is 0. The lowest BCUT2D eigenvalue weighted by Gasteiger charge is -2.28. The highest BCUT2D eigenvalue weighted by Gasteiger charge is 2.24. The van der Waals surface area contributed by atoms with Gasteiger partial charge < -0.3 is 4.90 Å². The summed E-state index contributed by atoms with van der Waals surface area (Å²) in [6.45, 7) is 3.49. The fourth-order valence-electron chi connectivity index (χ4n) is 1.81. The average Bonchev–Trinajstić information content (AvgIpc) is 2.73. The summed E-state index contributed by atoms with van der Waals surface area (Å²) in [5.41, 5.74) is 1.31. The molecule has 0 saturated heterocycles. The van der Waals surface area contributed by atoms with Crippen molar-refractivity contribution >= 4 is 28.8 Å². The molecule has 0 aromatic carbocycles. The first kappa shape index (κ1) is 11.0. The predicted octanol–water partition coefficient (Wildman–Crippen LogP) is 2.51. The molecular weight excluding hydrogens is 230 g/mol. The van der Waals surface area contributed by atoms with E-state index in [1.54, 1.807) is 11.3 Å². The maximum absolute atomic E-state index is 11.9. The van der Waals surface area contributed by atoms with E-state index in [2.05, 4.69) is 11.4 Å². The Morgan fingerprint density at radius 2 is 2.53 bits per heavy atom. The highest BCUT2D eigenvalue weighted by molar-refractivity contribution is 7.10. The zero-order valence-electron chi connectivity index (χ0n) is 8.70. The molecule has 4 heteroatoms. The summed E-state index contributed by atoms with van der Waals surface area (Å²) >= 11 is 7.49. The second-order valence-electron chi connectivity index (χ2n) is 3.93. The normalized spacial score (nSPS) is 17.3. The Labute approximate surface area is 98.8 Å². The third kappa shape index (κ3) is 2.18. The number of rotatable bonds is 2. The van der Waals surface area contributed by atoms with Crippen LogP contribution in [0.5, 0.6) is 0 Å². The van der Waals surface area contributed by atoms with Crippen LogP contribution in [0.25, 0.3) is 0 Å². The van der Waals surface area contributed by atoms with E-state index in [9.17, 15) is 4.79 Å². The molecule has 0 bridgehead atoms. The minimum atomic E-state index is -0.0631. The lowest BCUT2D eigenvalue weighted by Crippen LogP contribution is -2.39. The molecule has 2 heterocycles. The summed E-state index contributed by atoms with van der Waals surface area (Å²) in [7, 11) is 0. The monoisotopic (exact) mass is 243 g/mol. The average molecular weight is 244 g/mol. The van der Waals surface area contributed by atoms with E-state index >= 15 is 0 Å². The fraction of sp³-hybridized carbons (Fsp3) is 0.545. The van der Waals surface area contributed by atoms with Crippen molar-refractivity contribution in [3.8, 4) is 0 Å². The molecule has 82 valence electrons. The number of thiophene rings is 1. The summed E-state index contributed by atoms with van der Waals surface area (Å²) in [4.78, 5) is 15.3. The van der Waals surface area contributed by atoms with Crippen molar-refractivity contribution < 1.29 is 4.79 Å². The summed E-state index contributed by atoms with van der Waals surface area (Å²) in [5, 5.41) is 2.10. The number of amides is 1. The van der Waals surface area contributed by atoms with E-state index in [1.165, 1.54) is 10.4 Å². The molecule has 2 nitrogen and oxygen atoms in total. The lowest BCUT2D eigenvalue weighted by atomic mass is 10.1. The third-order valence-corrected chi connectivity index (χ3v) is 4.26. The molecule has 0 aliphatic carbocycles. The van der Waals surface area contributed by atoms with Gasteiger partial charge in [0.1, 0.15) is 0 Å². The first-order valence-electron chi connectivity index (χ1n) is 5.12. The summed E-state index contributed by atoms with van der Waals surface area (Å²) in [6.07, 6.45) is 0.994. The van der Waals surface area contributed by atoms with E-state index in [0.717, 1.165) is 19.5 Å². The molecule has 1 atom stereocenters. The fourth-order valence-corrected chi connectivity index (χ4v) is 2.84. The van der Waals surface area contributed by atoms with Crippen LogP contribution >= 0.6 is 22.9 Å². The predicted molar refractivity (Wildman–Crippen MR) is 63.3 cm³/mol. The molecule has 0 spiro atoms. The van der Waals surface area contributed by atoms with Gasteiger partial charge in [-0.1, -0.05) is 6.92 Å². The van der Waals surface area contributed by atoms with E-state index in [1.807, 2.05) is 11.8 Å². The number of hydrogen-bond acceptors (Lipinski definition) is 2. The lowest BCUT2D eigenvalue weighted by molar-refractivity contribution is -0.135. The maximum Gasteiger partial charge on any atom is 0.226 e. The molecule has 1 amide bonds. The number of fused-ring (bicyclic) bond motifs is 1. The molecule has 1 aliphatic heterocycles. The standard InChI is InChI=1S/C11H14ClNOS/c1-8(6-12)11(14)13-4-2-10-9(7-13)3-5-15-10/h3,5,8H,2,4,6-7H2,1H3. The zero-order valence-corrected chi connectivity index (χ0v) is 10.3. The van der Waals surface area contributed by atoms with Gasteiger partial charge in [0.25, 0.3) is 0 Å². The van der Waals surface area contributed by atoms with Crippen molar-refractivity contribution in [1.82, 2.24) is 4.90 Å². The van der Waals surface area contributed by atoms with E-state index < -0.39 is 0 Å². The van der Waals surface area contributed by atoms with Crippen LogP contribution in [0.1, 0.15) is 17.4 Å². The Bertz CT molecular complexity index is 363. The van der Waals surface area contributed by atoms with Gasteiger partial charge >= 0.3 is 0 Å². The van der Waals surface area contributed by atoms with E-state index in [4.69, 9.17) is 11.6 Å². The molecule has 1 aromatic heterocycles. The van der Waals surface area contributed by atoms with Gasteiger partial charge in [-0.15, -0.1) is 22.9 Å². The van der Waals surface area contributed by atoms with Gasteiger partial charge in [-0.3, -0.25) is 4.79 Å². The first-order chi connectivity index (χ1) is 7.22. The Hall–Kier alpha value is -0.540. The molecule has 0 saturated carbocycles. The van der Waals surface area contributed by atoms with Crippen molar-refractivity contribution in [3.05, 3.63) is 21.9 Å². The van der Waals surface area contributed by atoms with Crippen LogP contribution < -0.4 is 0 Å². The quantitative estimate of drug-likeness (QED) is 0.731. The van der Waals surface area contributed by atoms with Gasteiger partial charge in [-0.25, -0.2) is 0 Å². The number of carbonyl (C=O) groups excluding carboxylic acids is 1. The molecular formula is C11H14ClNOS. The van der Waals surface area contributed by atoms with Gasteiger partial charge in [-0.05, 0) is 23.4 Å². The van der Waals surface area contributed by atoms with Crippen LogP contribution in [0.15, 0.2) is 11.4 Å².